The summed E-state index contributed by atoms with van der Waals surface area (Å²) in [5.74, 6) is 0. The van der Waals surface area contributed by atoms with Crippen LogP contribution in [0, 0.1) is 0 Å². The third-order valence-corrected chi connectivity index (χ3v) is 10.2. The summed E-state index contributed by atoms with van der Waals surface area (Å²) in [6.07, 6.45) is 0. The molecule has 0 amide bonds. The number of aromatic nitrogens is 1. The molecule has 0 atom stereocenters. The van der Waals surface area contributed by atoms with Gasteiger partial charge in [-0.1, -0.05) is 158 Å². The van der Waals surface area contributed by atoms with E-state index in [9.17, 15) is 0 Å². The number of rotatable bonds is 4. The molecular weight excluding hydrogens is 591 g/mol. The van der Waals surface area contributed by atoms with E-state index in [0.29, 0.717) is 0 Å². The van der Waals surface area contributed by atoms with E-state index in [0.717, 1.165) is 5.52 Å². The van der Waals surface area contributed by atoms with E-state index in [1.165, 1.54) is 93.1 Å². The third-order valence-electron chi connectivity index (χ3n) is 10.2. The summed E-state index contributed by atoms with van der Waals surface area (Å²) >= 11 is 0. The van der Waals surface area contributed by atoms with Crippen molar-refractivity contribution in [3.05, 3.63) is 182 Å². The Morgan fingerprint density at radius 1 is 0.265 bits per heavy atom. The molecule has 1 aromatic heterocycles. The Labute approximate surface area is 284 Å². The molecule has 0 aliphatic rings. The van der Waals surface area contributed by atoms with Crippen LogP contribution in [0.4, 0.5) is 0 Å². The zero-order valence-electron chi connectivity index (χ0n) is 26.8. The fourth-order valence-electron chi connectivity index (χ4n) is 7.93. The van der Waals surface area contributed by atoms with Crippen LogP contribution in [0.5, 0.6) is 0 Å². The van der Waals surface area contributed by atoms with Gasteiger partial charge in [0.1, 0.15) is 0 Å². The predicted octanol–water partition coefficient (Wildman–Crippen LogP) is 13.4. The fraction of sp³-hybridized carbons (Fsp3) is 0. The molecule has 0 aliphatic heterocycles. The number of aromatic amines is 1. The molecule has 10 rings (SSSR count). The topological polar surface area (TPSA) is 15.8 Å². The Balaban J connectivity index is 1.17. The highest BCUT2D eigenvalue weighted by atomic mass is 14.7. The monoisotopic (exact) mass is 621 g/mol. The molecular formula is C48H31N. The molecule has 1 heterocycles. The van der Waals surface area contributed by atoms with Gasteiger partial charge in [-0.3, -0.25) is 0 Å². The van der Waals surface area contributed by atoms with E-state index in [4.69, 9.17) is 0 Å². The molecule has 0 aliphatic carbocycles. The van der Waals surface area contributed by atoms with Crippen LogP contribution in [0.3, 0.4) is 0 Å². The lowest BCUT2D eigenvalue weighted by Gasteiger charge is -2.20. The van der Waals surface area contributed by atoms with Gasteiger partial charge in [0.2, 0.25) is 0 Å². The van der Waals surface area contributed by atoms with E-state index in [1.807, 2.05) is 0 Å². The lowest BCUT2D eigenvalue weighted by molar-refractivity contribution is 1.55. The molecule has 0 saturated carbocycles. The SMILES string of the molecule is c1ccc(-c2ccccc2-c2c3ccccc3c(-c3cccc(-c4ccc5c(c4)[nH]c4cc6ccccc6cc45)c3)c3ccccc23)cc1. The Bertz CT molecular complexity index is 2820. The zero-order chi connectivity index (χ0) is 32.3. The van der Waals surface area contributed by atoms with Crippen molar-refractivity contribution in [3.8, 4) is 44.5 Å². The maximum absolute atomic E-state index is 3.71. The van der Waals surface area contributed by atoms with Crippen LogP contribution in [0.15, 0.2) is 182 Å². The van der Waals surface area contributed by atoms with Crippen molar-refractivity contribution in [1.82, 2.24) is 4.98 Å². The van der Waals surface area contributed by atoms with Crippen LogP contribution >= 0.6 is 0 Å². The first-order valence-corrected chi connectivity index (χ1v) is 16.9. The van der Waals surface area contributed by atoms with E-state index in [-0.39, 0.29) is 0 Å². The summed E-state index contributed by atoms with van der Waals surface area (Å²) < 4.78 is 0. The Hall–Kier alpha value is -6.44. The van der Waals surface area contributed by atoms with E-state index >= 15 is 0 Å². The summed E-state index contributed by atoms with van der Waals surface area (Å²) in [6, 6.07) is 66.5. The highest BCUT2D eigenvalue weighted by Gasteiger charge is 2.19. The number of hydrogen-bond acceptors (Lipinski definition) is 0. The fourth-order valence-corrected chi connectivity index (χ4v) is 7.93. The summed E-state index contributed by atoms with van der Waals surface area (Å²) in [5, 5.41) is 10.1. The van der Waals surface area contributed by atoms with Gasteiger partial charge in [0.25, 0.3) is 0 Å². The van der Waals surface area contributed by atoms with E-state index in [1.54, 1.807) is 0 Å². The normalized spacial score (nSPS) is 11.7. The number of H-pyrrole nitrogens is 1. The average molecular weight is 622 g/mol. The van der Waals surface area contributed by atoms with Crippen molar-refractivity contribution >= 4 is 54.1 Å². The quantitative estimate of drug-likeness (QED) is 0.188. The van der Waals surface area contributed by atoms with Gasteiger partial charge in [-0.25, -0.2) is 0 Å². The van der Waals surface area contributed by atoms with E-state index < -0.39 is 0 Å². The average Bonchev–Trinajstić information content (AvgIpc) is 3.53. The summed E-state index contributed by atoms with van der Waals surface area (Å²) in [4.78, 5) is 3.71. The second-order valence-electron chi connectivity index (χ2n) is 13.0. The van der Waals surface area contributed by atoms with Gasteiger partial charge >= 0.3 is 0 Å². The lowest BCUT2D eigenvalue weighted by atomic mass is 9.83. The molecule has 0 saturated heterocycles. The van der Waals surface area contributed by atoms with Gasteiger partial charge in [0.05, 0.1) is 0 Å². The molecule has 0 fully saturated rings. The van der Waals surface area contributed by atoms with Crippen molar-refractivity contribution < 1.29 is 0 Å². The smallest absolute Gasteiger partial charge is 0.0471 e. The molecule has 228 valence electrons. The van der Waals surface area contributed by atoms with Crippen LogP contribution in [-0.4, -0.2) is 4.98 Å². The molecule has 1 heteroatoms. The Kier molecular flexibility index (Phi) is 6.25. The standard InChI is InChI=1S/C48H31N/c1-2-13-31(14-3-1)37-19-6-7-20-39(37)48-42-23-10-8-21-40(42)47(41-22-9-11-24-43(41)48)36-18-12-17-32(27-36)35-25-26-38-44-28-33-15-4-5-16-34(33)29-46(44)49-45(38)30-35/h1-30,49H. The summed E-state index contributed by atoms with van der Waals surface area (Å²) in [5.41, 5.74) is 12.2. The predicted molar refractivity (Wildman–Crippen MR) is 210 cm³/mol. The van der Waals surface area contributed by atoms with Gasteiger partial charge in [-0.05, 0) is 101 Å². The van der Waals surface area contributed by atoms with E-state index in [2.05, 4.69) is 187 Å². The minimum absolute atomic E-state index is 1.16. The van der Waals surface area contributed by atoms with Crippen LogP contribution in [-0.2, 0) is 0 Å². The molecule has 49 heavy (non-hydrogen) atoms. The molecule has 0 radical (unpaired) electrons. The first kappa shape index (κ1) is 27.7. The van der Waals surface area contributed by atoms with Gasteiger partial charge < -0.3 is 4.98 Å². The van der Waals surface area contributed by atoms with Crippen molar-refractivity contribution in [2.24, 2.45) is 0 Å². The molecule has 1 N–H and O–H groups in total. The van der Waals surface area contributed by atoms with Gasteiger partial charge in [-0.2, -0.15) is 0 Å². The number of hydrogen-bond donors (Lipinski definition) is 1. The summed E-state index contributed by atoms with van der Waals surface area (Å²) in [7, 11) is 0. The first-order chi connectivity index (χ1) is 24.3. The first-order valence-electron chi connectivity index (χ1n) is 16.9. The van der Waals surface area contributed by atoms with Crippen molar-refractivity contribution in [3.63, 3.8) is 0 Å². The highest BCUT2D eigenvalue weighted by Crippen LogP contribution is 2.46. The lowest BCUT2D eigenvalue weighted by Crippen LogP contribution is -1.93. The van der Waals surface area contributed by atoms with Gasteiger partial charge in [0.15, 0.2) is 0 Å². The number of nitrogens with one attached hydrogen (secondary N) is 1. The van der Waals surface area contributed by atoms with Crippen LogP contribution in [0.2, 0.25) is 0 Å². The van der Waals surface area contributed by atoms with Crippen molar-refractivity contribution in [2.75, 3.05) is 0 Å². The van der Waals surface area contributed by atoms with Crippen LogP contribution in [0.1, 0.15) is 0 Å². The third kappa shape index (κ3) is 4.47. The Morgan fingerprint density at radius 3 is 1.53 bits per heavy atom. The van der Waals surface area contributed by atoms with Gasteiger partial charge in [0, 0.05) is 21.8 Å². The molecule has 0 unspecified atom stereocenters. The maximum Gasteiger partial charge on any atom is 0.0471 e. The van der Waals surface area contributed by atoms with Crippen LogP contribution < -0.4 is 0 Å². The largest absolute Gasteiger partial charge is 0.354 e. The molecule has 0 bridgehead atoms. The molecule has 10 aromatic rings. The number of fused-ring (bicyclic) bond motifs is 6. The molecule has 1 nitrogen and oxygen atoms in total. The van der Waals surface area contributed by atoms with Crippen molar-refractivity contribution in [1.29, 1.82) is 0 Å². The minimum atomic E-state index is 1.16. The minimum Gasteiger partial charge on any atom is -0.354 e. The van der Waals surface area contributed by atoms with Gasteiger partial charge in [-0.15, -0.1) is 0 Å². The maximum atomic E-state index is 3.71. The Morgan fingerprint density at radius 2 is 0.796 bits per heavy atom. The molecule has 9 aromatic carbocycles. The van der Waals surface area contributed by atoms with Crippen LogP contribution in [0.25, 0.3) is 98.6 Å². The molecule has 0 spiro atoms. The second-order valence-corrected chi connectivity index (χ2v) is 13.0. The number of benzene rings is 9. The highest BCUT2D eigenvalue weighted by molar-refractivity contribution is 6.22. The van der Waals surface area contributed by atoms with Crippen molar-refractivity contribution in [2.45, 2.75) is 0 Å². The zero-order valence-corrected chi connectivity index (χ0v) is 26.8. The second kappa shape index (κ2) is 11.1. The summed E-state index contributed by atoms with van der Waals surface area (Å²) in [6.45, 7) is 0.